The van der Waals surface area contributed by atoms with E-state index in [1.807, 2.05) is 6.92 Å². The lowest BCUT2D eigenvalue weighted by atomic mass is 10.0. The topological polar surface area (TPSA) is 97.8 Å². The lowest BCUT2D eigenvalue weighted by Crippen LogP contribution is -2.50. The summed E-state index contributed by atoms with van der Waals surface area (Å²) in [6.45, 7) is 3.29. The van der Waals surface area contributed by atoms with Crippen LogP contribution in [0, 0.1) is 0 Å². The van der Waals surface area contributed by atoms with Gasteiger partial charge in [0.25, 0.3) is 17.7 Å². The first-order valence-corrected chi connectivity index (χ1v) is 10.7. The third-order valence-corrected chi connectivity index (χ3v) is 5.25. The Labute approximate surface area is 197 Å². The summed E-state index contributed by atoms with van der Waals surface area (Å²) in [6, 6.07) is 11.4. The van der Waals surface area contributed by atoms with Gasteiger partial charge in [-0.05, 0) is 43.7 Å². The second-order valence-electron chi connectivity index (χ2n) is 7.78. The zero-order valence-electron chi connectivity index (χ0n) is 18.7. The number of pyridine rings is 1. The number of hydrazine groups is 1. The van der Waals surface area contributed by atoms with Crippen LogP contribution in [-0.4, -0.2) is 40.2 Å². The van der Waals surface area contributed by atoms with Crippen molar-refractivity contribution in [3.05, 3.63) is 65.4 Å². The van der Waals surface area contributed by atoms with Crippen molar-refractivity contribution in [2.24, 2.45) is 0 Å². The van der Waals surface area contributed by atoms with Crippen LogP contribution in [0.2, 0.25) is 0 Å². The molecule has 1 aliphatic rings. The van der Waals surface area contributed by atoms with E-state index < -0.39 is 35.9 Å². The molecule has 1 N–H and O–H groups in total. The maximum Gasteiger partial charge on any atom is 0.573 e. The van der Waals surface area contributed by atoms with Crippen LogP contribution in [0.25, 0.3) is 10.9 Å². The number of imide groups is 1. The van der Waals surface area contributed by atoms with E-state index in [0.29, 0.717) is 34.4 Å². The van der Waals surface area contributed by atoms with Gasteiger partial charge in [0.2, 0.25) is 0 Å². The van der Waals surface area contributed by atoms with E-state index in [-0.39, 0.29) is 16.9 Å². The average molecular weight is 487 g/mol. The molecule has 1 atom stereocenters. The van der Waals surface area contributed by atoms with Crippen molar-refractivity contribution in [3.63, 3.8) is 0 Å². The second-order valence-corrected chi connectivity index (χ2v) is 7.78. The molecule has 3 aromatic rings. The third-order valence-electron chi connectivity index (χ3n) is 5.25. The highest BCUT2D eigenvalue weighted by molar-refractivity contribution is 6.26. The number of nitrogens with one attached hydrogen (secondary N) is 1. The number of rotatable bonds is 7. The van der Waals surface area contributed by atoms with Crippen molar-refractivity contribution < 1.29 is 37.0 Å². The van der Waals surface area contributed by atoms with Gasteiger partial charge in [0.1, 0.15) is 11.5 Å². The highest BCUT2D eigenvalue weighted by Crippen LogP contribution is 2.31. The predicted molar refractivity (Wildman–Crippen MR) is 118 cm³/mol. The van der Waals surface area contributed by atoms with E-state index in [2.05, 4.69) is 15.1 Å². The van der Waals surface area contributed by atoms with Crippen LogP contribution in [0.5, 0.6) is 11.5 Å². The maximum absolute atomic E-state index is 13.2. The molecule has 11 heteroatoms. The fourth-order valence-corrected chi connectivity index (χ4v) is 3.73. The number of aromatic nitrogens is 1. The molecule has 8 nitrogen and oxygen atoms in total. The van der Waals surface area contributed by atoms with Gasteiger partial charge in [-0.15, -0.1) is 13.2 Å². The first kappa shape index (κ1) is 24.0. The Morgan fingerprint density at radius 2 is 1.66 bits per heavy atom. The molecule has 1 unspecified atom stereocenters. The minimum absolute atomic E-state index is 0.0879. The summed E-state index contributed by atoms with van der Waals surface area (Å²) < 4.78 is 46.1. The third kappa shape index (κ3) is 4.88. The van der Waals surface area contributed by atoms with Crippen LogP contribution in [0.4, 0.5) is 13.2 Å². The molecule has 0 fully saturated rings. The molecule has 1 aromatic heterocycles. The van der Waals surface area contributed by atoms with Gasteiger partial charge in [0.15, 0.2) is 6.10 Å². The normalized spacial score (nSPS) is 14.1. The molecule has 2 aromatic carbocycles. The second kappa shape index (κ2) is 9.24. The molecule has 182 valence electrons. The number of carbonyl (C=O) groups is 3. The number of benzene rings is 2. The van der Waals surface area contributed by atoms with Gasteiger partial charge in [0, 0.05) is 5.39 Å². The Balaban J connectivity index is 1.51. The smallest absolute Gasteiger partial charge is 0.481 e. The van der Waals surface area contributed by atoms with Crippen molar-refractivity contribution in [2.75, 3.05) is 0 Å². The molecule has 1 aliphatic heterocycles. The molecule has 0 radical (unpaired) electrons. The lowest BCUT2D eigenvalue weighted by molar-refractivity contribution is -0.274. The van der Waals surface area contributed by atoms with E-state index in [0.717, 1.165) is 12.1 Å². The lowest BCUT2D eigenvalue weighted by Gasteiger charge is -2.19. The number of hydrogen-bond acceptors (Lipinski definition) is 6. The van der Waals surface area contributed by atoms with Gasteiger partial charge in [-0.3, -0.25) is 24.8 Å². The molecule has 0 saturated carbocycles. The fraction of sp³-hybridized carbons (Fsp3) is 0.250. The number of halogens is 3. The van der Waals surface area contributed by atoms with E-state index in [4.69, 9.17) is 4.74 Å². The number of fused-ring (bicyclic) bond motifs is 3. The minimum atomic E-state index is -4.83. The van der Waals surface area contributed by atoms with Crippen molar-refractivity contribution in [2.45, 2.75) is 39.2 Å². The fourth-order valence-electron chi connectivity index (χ4n) is 3.73. The molecule has 2 heterocycles. The number of ether oxygens (including phenoxy) is 2. The molecule has 0 saturated heterocycles. The number of nitrogens with zero attached hydrogens (tertiary/aromatic N) is 2. The number of amides is 3. The van der Waals surface area contributed by atoms with Crippen LogP contribution >= 0.6 is 0 Å². The van der Waals surface area contributed by atoms with Gasteiger partial charge in [-0.25, -0.2) is 0 Å². The number of alkyl halides is 3. The van der Waals surface area contributed by atoms with E-state index >= 15 is 0 Å². The van der Waals surface area contributed by atoms with Gasteiger partial charge >= 0.3 is 6.36 Å². The number of para-hydroxylation sites is 1. The quantitative estimate of drug-likeness (QED) is 0.502. The molecule has 0 aliphatic carbocycles. The molecular formula is C24H20F3N3O5. The molecular weight excluding hydrogens is 467 g/mol. The summed E-state index contributed by atoms with van der Waals surface area (Å²) in [5.41, 5.74) is 3.67. The summed E-state index contributed by atoms with van der Waals surface area (Å²) in [6.07, 6.45) is -4.84. The van der Waals surface area contributed by atoms with Crippen LogP contribution in [0.15, 0.2) is 48.5 Å². The standard InChI is InChI=1S/C24H20F3N3O5/c1-3-6-18-20-19(16-7-4-5-8-17(16)28-18)22(32)30(23(20)33)29-21(31)13(2)34-14-9-11-15(12-10-14)35-24(25,26)27/h4-5,7-13H,3,6H2,1-2H3,(H,29,31). The van der Waals surface area contributed by atoms with Crippen molar-refractivity contribution in [3.8, 4) is 11.5 Å². The first-order chi connectivity index (χ1) is 16.6. The van der Waals surface area contributed by atoms with Crippen LogP contribution < -0.4 is 14.9 Å². The Bertz CT molecular complexity index is 1310. The van der Waals surface area contributed by atoms with E-state index in [9.17, 15) is 27.6 Å². The summed E-state index contributed by atoms with van der Waals surface area (Å²) >= 11 is 0. The zero-order valence-corrected chi connectivity index (χ0v) is 18.7. The molecule has 0 bridgehead atoms. The largest absolute Gasteiger partial charge is 0.573 e. The van der Waals surface area contributed by atoms with Crippen LogP contribution in [0.3, 0.4) is 0 Å². The summed E-state index contributed by atoms with van der Waals surface area (Å²) in [7, 11) is 0. The molecule has 3 amide bonds. The Hall–Kier alpha value is -4.15. The predicted octanol–water partition coefficient (Wildman–Crippen LogP) is 4.18. The average Bonchev–Trinajstić information content (AvgIpc) is 3.05. The Morgan fingerprint density at radius 3 is 2.31 bits per heavy atom. The Kier molecular flexibility index (Phi) is 6.33. The van der Waals surface area contributed by atoms with Crippen LogP contribution in [-0.2, 0) is 11.2 Å². The highest BCUT2D eigenvalue weighted by Gasteiger charge is 2.41. The van der Waals surface area contributed by atoms with Crippen molar-refractivity contribution in [1.82, 2.24) is 15.4 Å². The Morgan fingerprint density at radius 1 is 1.03 bits per heavy atom. The van der Waals surface area contributed by atoms with Gasteiger partial charge in [-0.2, -0.15) is 5.01 Å². The highest BCUT2D eigenvalue weighted by atomic mass is 19.4. The molecule has 4 rings (SSSR count). The minimum Gasteiger partial charge on any atom is -0.481 e. The molecule has 0 spiro atoms. The van der Waals surface area contributed by atoms with Gasteiger partial charge < -0.3 is 9.47 Å². The van der Waals surface area contributed by atoms with Gasteiger partial charge in [-0.1, -0.05) is 31.5 Å². The zero-order chi connectivity index (χ0) is 25.3. The van der Waals surface area contributed by atoms with Crippen molar-refractivity contribution >= 4 is 28.6 Å². The SMILES string of the molecule is CCCc1nc2ccccc2c2c1C(=O)N(NC(=O)C(C)Oc1ccc(OC(F)(F)F)cc1)C2=O. The monoisotopic (exact) mass is 487 g/mol. The number of carbonyl (C=O) groups excluding carboxylic acids is 3. The van der Waals surface area contributed by atoms with Crippen molar-refractivity contribution in [1.29, 1.82) is 0 Å². The van der Waals surface area contributed by atoms with Gasteiger partial charge in [0.05, 0.1) is 22.3 Å². The summed E-state index contributed by atoms with van der Waals surface area (Å²) in [5.74, 6) is -2.54. The first-order valence-electron chi connectivity index (χ1n) is 10.7. The number of aryl methyl sites for hydroxylation is 1. The van der Waals surface area contributed by atoms with E-state index in [1.165, 1.54) is 19.1 Å². The summed E-state index contributed by atoms with van der Waals surface area (Å²) in [5, 5.41) is 1.14. The maximum atomic E-state index is 13.2. The number of hydrogen-bond donors (Lipinski definition) is 1. The van der Waals surface area contributed by atoms with Crippen LogP contribution in [0.1, 0.15) is 46.7 Å². The molecule has 35 heavy (non-hydrogen) atoms. The van der Waals surface area contributed by atoms with E-state index in [1.54, 1.807) is 24.3 Å². The summed E-state index contributed by atoms with van der Waals surface area (Å²) in [4.78, 5) is 43.5.